The maximum Gasteiger partial charge on any atom is 0.323 e. The third-order valence-corrected chi connectivity index (χ3v) is 5.59. The highest BCUT2D eigenvalue weighted by atomic mass is 32.2. The van der Waals surface area contributed by atoms with Gasteiger partial charge < -0.3 is 19.4 Å². The van der Waals surface area contributed by atoms with Gasteiger partial charge in [-0.15, -0.1) is 0 Å². The lowest BCUT2D eigenvalue weighted by atomic mass is 9.88. The number of carbonyl (C=O) groups excluding carboxylic acids is 2. The van der Waals surface area contributed by atoms with E-state index in [1.165, 1.54) is 12.1 Å². The van der Waals surface area contributed by atoms with Gasteiger partial charge in [0.15, 0.2) is 0 Å². The monoisotopic (exact) mass is 497 g/mol. The first-order chi connectivity index (χ1) is 16.7. The SMILES string of the molecule is CS(=O)(=O)Oc1cccc(C(CC(=O)OCc2ccccc2)C(N)C(=O)OCc2ccccc2)c1. The standard InChI is InChI=1S/C26H27NO7S/c1-35(30,31)34-22-14-8-13-21(15-22)23(16-24(28)32-17-19-9-4-2-5-10-19)25(27)26(29)33-18-20-11-6-3-7-12-20/h2-15,23,25H,16-18,27H2,1H3. The third-order valence-electron chi connectivity index (χ3n) is 5.09. The van der Waals surface area contributed by atoms with E-state index in [0.29, 0.717) is 5.56 Å². The average molecular weight is 498 g/mol. The van der Waals surface area contributed by atoms with Crippen LogP contribution in [0.1, 0.15) is 29.0 Å². The van der Waals surface area contributed by atoms with Gasteiger partial charge in [-0.2, -0.15) is 8.42 Å². The molecule has 0 heterocycles. The predicted molar refractivity (Wildman–Crippen MR) is 130 cm³/mol. The molecule has 0 saturated carbocycles. The molecule has 3 aromatic carbocycles. The van der Waals surface area contributed by atoms with Gasteiger partial charge in [0, 0.05) is 5.92 Å². The van der Waals surface area contributed by atoms with Crippen LogP contribution in [0.25, 0.3) is 0 Å². The van der Waals surface area contributed by atoms with Crippen molar-refractivity contribution in [2.75, 3.05) is 6.26 Å². The number of hydrogen-bond acceptors (Lipinski definition) is 8. The number of nitrogens with two attached hydrogens (primary N) is 1. The second kappa shape index (κ2) is 12.1. The Kier molecular flexibility index (Phi) is 8.99. The van der Waals surface area contributed by atoms with E-state index in [-0.39, 0.29) is 25.4 Å². The van der Waals surface area contributed by atoms with Gasteiger partial charge in [-0.05, 0) is 28.8 Å². The van der Waals surface area contributed by atoms with Crippen LogP contribution in [-0.4, -0.2) is 32.7 Å². The fourth-order valence-electron chi connectivity index (χ4n) is 3.39. The summed E-state index contributed by atoms with van der Waals surface area (Å²) >= 11 is 0. The Morgan fingerprint density at radius 3 is 1.97 bits per heavy atom. The largest absolute Gasteiger partial charge is 0.461 e. The summed E-state index contributed by atoms with van der Waals surface area (Å²) in [6.07, 6.45) is 0.696. The summed E-state index contributed by atoms with van der Waals surface area (Å²) in [7, 11) is -3.77. The molecule has 0 fully saturated rings. The summed E-state index contributed by atoms with van der Waals surface area (Å²) in [4.78, 5) is 25.4. The number of benzene rings is 3. The smallest absolute Gasteiger partial charge is 0.323 e. The van der Waals surface area contributed by atoms with Crippen molar-refractivity contribution >= 4 is 22.1 Å². The van der Waals surface area contributed by atoms with Crippen molar-refractivity contribution in [1.29, 1.82) is 0 Å². The summed E-state index contributed by atoms with van der Waals surface area (Å²) in [5.41, 5.74) is 8.29. The summed E-state index contributed by atoms with van der Waals surface area (Å²) < 4.78 is 38.8. The molecule has 3 aromatic rings. The molecule has 0 spiro atoms. The van der Waals surface area contributed by atoms with E-state index in [1.54, 1.807) is 12.1 Å². The van der Waals surface area contributed by atoms with Crippen molar-refractivity contribution in [2.45, 2.75) is 31.6 Å². The molecule has 2 unspecified atom stereocenters. The van der Waals surface area contributed by atoms with Gasteiger partial charge >= 0.3 is 22.1 Å². The van der Waals surface area contributed by atoms with E-state index in [0.717, 1.165) is 17.4 Å². The Bertz CT molecular complexity index is 1230. The minimum atomic E-state index is -3.77. The van der Waals surface area contributed by atoms with Crippen molar-refractivity contribution in [2.24, 2.45) is 5.73 Å². The molecule has 2 N–H and O–H groups in total. The van der Waals surface area contributed by atoms with Crippen LogP contribution >= 0.6 is 0 Å². The summed E-state index contributed by atoms with van der Waals surface area (Å²) in [5, 5.41) is 0. The van der Waals surface area contributed by atoms with Crippen LogP contribution in [0, 0.1) is 0 Å². The molecule has 184 valence electrons. The number of hydrogen-bond donors (Lipinski definition) is 1. The zero-order valence-electron chi connectivity index (χ0n) is 19.2. The van der Waals surface area contributed by atoms with Gasteiger partial charge in [-0.1, -0.05) is 72.8 Å². The molecular weight excluding hydrogens is 470 g/mol. The molecule has 0 radical (unpaired) electrons. The van der Waals surface area contributed by atoms with Crippen molar-refractivity contribution < 1.29 is 31.7 Å². The molecular formula is C26H27NO7S. The molecule has 8 nitrogen and oxygen atoms in total. The first-order valence-electron chi connectivity index (χ1n) is 10.9. The highest BCUT2D eigenvalue weighted by molar-refractivity contribution is 7.86. The normalized spacial score (nSPS) is 12.9. The fraction of sp³-hybridized carbons (Fsp3) is 0.231. The quantitative estimate of drug-likeness (QED) is 0.316. The van der Waals surface area contributed by atoms with Crippen molar-refractivity contribution in [3.05, 3.63) is 102 Å². The van der Waals surface area contributed by atoms with E-state index in [1.807, 2.05) is 60.7 Å². The average Bonchev–Trinajstić information content (AvgIpc) is 2.84. The molecule has 0 aliphatic rings. The lowest BCUT2D eigenvalue weighted by Gasteiger charge is -2.23. The Labute approximate surface area is 204 Å². The number of carbonyl (C=O) groups is 2. The zero-order chi connectivity index (χ0) is 25.3. The Balaban J connectivity index is 1.76. The van der Waals surface area contributed by atoms with Crippen LogP contribution in [0.4, 0.5) is 0 Å². The van der Waals surface area contributed by atoms with Gasteiger partial charge in [0.05, 0.1) is 12.7 Å². The minimum Gasteiger partial charge on any atom is -0.461 e. The Morgan fingerprint density at radius 2 is 1.40 bits per heavy atom. The van der Waals surface area contributed by atoms with Gasteiger partial charge in [0.25, 0.3) is 0 Å². The number of rotatable bonds is 11. The highest BCUT2D eigenvalue weighted by Gasteiger charge is 2.31. The molecule has 35 heavy (non-hydrogen) atoms. The van der Waals surface area contributed by atoms with Gasteiger partial charge in [-0.25, -0.2) is 0 Å². The van der Waals surface area contributed by atoms with Crippen LogP contribution in [0.3, 0.4) is 0 Å². The van der Waals surface area contributed by atoms with Crippen molar-refractivity contribution in [3.63, 3.8) is 0 Å². The molecule has 0 aliphatic heterocycles. The summed E-state index contributed by atoms with van der Waals surface area (Å²) in [6, 6.07) is 23.1. The van der Waals surface area contributed by atoms with E-state index >= 15 is 0 Å². The second-order valence-corrected chi connectivity index (χ2v) is 9.51. The topological polar surface area (TPSA) is 122 Å². The first-order valence-corrected chi connectivity index (χ1v) is 12.7. The van der Waals surface area contributed by atoms with E-state index in [9.17, 15) is 18.0 Å². The highest BCUT2D eigenvalue weighted by Crippen LogP contribution is 2.28. The number of esters is 2. The van der Waals surface area contributed by atoms with E-state index in [2.05, 4.69) is 0 Å². The van der Waals surface area contributed by atoms with Crippen molar-refractivity contribution in [3.8, 4) is 5.75 Å². The lowest BCUT2D eigenvalue weighted by molar-refractivity contribution is -0.149. The van der Waals surface area contributed by atoms with Crippen LogP contribution in [0.2, 0.25) is 0 Å². The van der Waals surface area contributed by atoms with Crippen LogP contribution in [-0.2, 0) is 42.4 Å². The van der Waals surface area contributed by atoms with Gasteiger partial charge in [0.2, 0.25) is 0 Å². The molecule has 0 aliphatic carbocycles. The predicted octanol–water partition coefficient (Wildman–Crippen LogP) is 3.31. The van der Waals surface area contributed by atoms with E-state index < -0.39 is 34.0 Å². The molecule has 0 saturated heterocycles. The van der Waals surface area contributed by atoms with Crippen LogP contribution < -0.4 is 9.92 Å². The molecule has 0 aromatic heterocycles. The Morgan fingerprint density at radius 1 is 0.829 bits per heavy atom. The lowest BCUT2D eigenvalue weighted by Crippen LogP contribution is -2.39. The molecule has 3 rings (SSSR count). The first kappa shape index (κ1) is 25.9. The zero-order valence-corrected chi connectivity index (χ0v) is 20.0. The van der Waals surface area contributed by atoms with Gasteiger partial charge in [0.1, 0.15) is 25.0 Å². The summed E-state index contributed by atoms with van der Waals surface area (Å²) in [6.45, 7) is 0.0904. The maximum absolute atomic E-state index is 12.8. The van der Waals surface area contributed by atoms with Crippen LogP contribution in [0.15, 0.2) is 84.9 Å². The minimum absolute atomic E-state index is 0.0236. The Hall–Kier alpha value is -3.69. The molecule has 0 amide bonds. The third kappa shape index (κ3) is 8.55. The number of ether oxygens (including phenoxy) is 2. The van der Waals surface area contributed by atoms with Crippen molar-refractivity contribution in [1.82, 2.24) is 0 Å². The van der Waals surface area contributed by atoms with Gasteiger partial charge in [-0.3, -0.25) is 9.59 Å². The fourth-order valence-corrected chi connectivity index (χ4v) is 3.84. The van der Waals surface area contributed by atoms with Crippen LogP contribution in [0.5, 0.6) is 5.75 Å². The summed E-state index contributed by atoms with van der Waals surface area (Å²) in [5.74, 6) is -2.08. The molecule has 2 atom stereocenters. The maximum atomic E-state index is 12.8. The second-order valence-electron chi connectivity index (χ2n) is 7.94. The molecule has 0 bridgehead atoms. The molecule has 9 heteroatoms. The van der Waals surface area contributed by atoms with E-state index in [4.69, 9.17) is 19.4 Å².